The number of aldehydes is 1. The topological polar surface area (TPSA) is 30.0 Å². The first kappa shape index (κ1) is 9.26. The molecule has 12 heavy (non-hydrogen) atoms. The number of pyridine rings is 1. The molecule has 0 unspecified atom stereocenters. The van der Waals surface area contributed by atoms with Gasteiger partial charge in [0.1, 0.15) is 6.29 Å². The Morgan fingerprint density at radius 2 is 2.42 bits per heavy atom. The summed E-state index contributed by atoms with van der Waals surface area (Å²) in [4.78, 5) is 14.2. The molecule has 0 radical (unpaired) electrons. The van der Waals surface area contributed by atoms with Gasteiger partial charge in [-0.15, -0.1) is 11.8 Å². The summed E-state index contributed by atoms with van der Waals surface area (Å²) in [5, 5.41) is 0.988. The minimum Gasteiger partial charge on any atom is -0.303 e. The van der Waals surface area contributed by atoms with Crippen LogP contribution in [0.15, 0.2) is 23.4 Å². The average Bonchev–Trinajstić information content (AvgIpc) is 2.09. The molecule has 0 fully saturated rings. The van der Waals surface area contributed by atoms with Crippen LogP contribution in [0.3, 0.4) is 0 Å². The van der Waals surface area contributed by atoms with Crippen LogP contribution in [-0.4, -0.2) is 17.0 Å². The Labute approximate surface area is 76.4 Å². The van der Waals surface area contributed by atoms with Crippen LogP contribution in [-0.2, 0) is 4.79 Å². The van der Waals surface area contributed by atoms with Crippen molar-refractivity contribution in [2.24, 2.45) is 0 Å². The predicted octanol–water partition coefficient (Wildman–Crippen LogP) is 2.07. The Kier molecular flexibility index (Phi) is 3.80. The minimum atomic E-state index is 0.597. The summed E-state index contributed by atoms with van der Waals surface area (Å²) in [5.41, 5.74) is 1.16. The molecular weight excluding hydrogens is 170 g/mol. The van der Waals surface area contributed by atoms with Gasteiger partial charge in [-0.2, -0.15) is 0 Å². The fraction of sp³-hybridized carbons (Fsp3) is 0.333. The Bertz CT molecular complexity index is 245. The van der Waals surface area contributed by atoms with Crippen LogP contribution in [0.1, 0.15) is 12.0 Å². The van der Waals surface area contributed by atoms with Crippen LogP contribution in [0.25, 0.3) is 0 Å². The molecule has 1 aromatic heterocycles. The molecule has 0 aromatic carbocycles. The van der Waals surface area contributed by atoms with Gasteiger partial charge >= 0.3 is 0 Å². The first-order valence-electron chi connectivity index (χ1n) is 3.82. The monoisotopic (exact) mass is 181 g/mol. The van der Waals surface area contributed by atoms with Crippen molar-refractivity contribution in [1.29, 1.82) is 0 Å². The third kappa shape index (κ3) is 3.05. The second kappa shape index (κ2) is 4.93. The molecule has 0 amide bonds. The maximum absolute atomic E-state index is 10.0. The molecule has 1 aromatic rings. The standard InChI is InChI=1S/C9H11NOS/c1-8-3-4-9(10-7-8)12-6-2-5-11/h3-5,7H,2,6H2,1H3. The molecule has 1 heterocycles. The van der Waals surface area contributed by atoms with Crippen molar-refractivity contribution in [3.63, 3.8) is 0 Å². The van der Waals surface area contributed by atoms with Crippen molar-refractivity contribution in [3.8, 4) is 0 Å². The number of hydrogen-bond acceptors (Lipinski definition) is 3. The lowest BCUT2D eigenvalue weighted by molar-refractivity contribution is -0.107. The van der Waals surface area contributed by atoms with Gasteiger partial charge in [0.25, 0.3) is 0 Å². The lowest BCUT2D eigenvalue weighted by atomic mass is 10.3. The summed E-state index contributed by atoms with van der Waals surface area (Å²) in [7, 11) is 0. The van der Waals surface area contributed by atoms with E-state index >= 15 is 0 Å². The SMILES string of the molecule is Cc1ccc(SCCC=O)nc1. The highest BCUT2D eigenvalue weighted by atomic mass is 32.2. The maximum atomic E-state index is 10.0. The second-order valence-electron chi connectivity index (χ2n) is 2.48. The van der Waals surface area contributed by atoms with E-state index in [0.717, 1.165) is 22.6 Å². The van der Waals surface area contributed by atoms with E-state index in [0.29, 0.717) is 6.42 Å². The normalized spacial score (nSPS) is 9.75. The zero-order valence-electron chi connectivity index (χ0n) is 6.99. The van der Waals surface area contributed by atoms with E-state index in [2.05, 4.69) is 4.98 Å². The molecule has 0 atom stereocenters. The lowest BCUT2D eigenvalue weighted by Crippen LogP contribution is -1.84. The molecule has 0 spiro atoms. The van der Waals surface area contributed by atoms with Crippen molar-refractivity contribution >= 4 is 18.0 Å². The first-order chi connectivity index (χ1) is 5.83. The fourth-order valence-electron chi connectivity index (χ4n) is 0.751. The van der Waals surface area contributed by atoms with Gasteiger partial charge in [0.15, 0.2) is 0 Å². The summed E-state index contributed by atoms with van der Waals surface area (Å²) < 4.78 is 0. The van der Waals surface area contributed by atoms with Crippen molar-refractivity contribution in [3.05, 3.63) is 23.9 Å². The van der Waals surface area contributed by atoms with Crippen LogP contribution >= 0.6 is 11.8 Å². The van der Waals surface area contributed by atoms with E-state index in [1.54, 1.807) is 11.8 Å². The molecule has 0 saturated heterocycles. The molecule has 64 valence electrons. The van der Waals surface area contributed by atoms with Gasteiger partial charge in [0, 0.05) is 18.4 Å². The summed E-state index contributed by atoms with van der Waals surface area (Å²) in [6, 6.07) is 4.00. The van der Waals surface area contributed by atoms with Crippen LogP contribution in [0.4, 0.5) is 0 Å². The van der Waals surface area contributed by atoms with E-state index in [1.807, 2.05) is 25.3 Å². The Morgan fingerprint density at radius 1 is 1.58 bits per heavy atom. The summed E-state index contributed by atoms with van der Waals surface area (Å²) >= 11 is 1.61. The Balaban J connectivity index is 2.42. The number of nitrogens with zero attached hydrogens (tertiary/aromatic N) is 1. The molecule has 0 saturated carbocycles. The highest BCUT2D eigenvalue weighted by molar-refractivity contribution is 7.99. The number of aryl methyl sites for hydroxylation is 1. The van der Waals surface area contributed by atoms with Crippen LogP contribution in [0, 0.1) is 6.92 Å². The van der Waals surface area contributed by atoms with Crippen LogP contribution < -0.4 is 0 Å². The van der Waals surface area contributed by atoms with Crippen molar-refractivity contribution in [2.75, 3.05) is 5.75 Å². The van der Waals surface area contributed by atoms with E-state index in [9.17, 15) is 4.79 Å². The largest absolute Gasteiger partial charge is 0.303 e. The molecule has 0 bridgehead atoms. The summed E-state index contributed by atoms with van der Waals surface area (Å²) in [5.74, 6) is 0.819. The molecule has 2 nitrogen and oxygen atoms in total. The number of hydrogen-bond donors (Lipinski definition) is 0. The van der Waals surface area contributed by atoms with E-state index in [1.165, 1.54) is 0 Å². The zero-order chi connectivity index (χ0) is 8.81. The molecule has 0 aliphatic rings. The average molecular weight is 181 g/mol. The predicted molar refractivity (Wildman–Crippen MR) is 50.4 cm³/mol. The van der Waals surface area contributed by atoms with Gasteiger partial charge in [-0.05, 0) is 18.6 Å². The zero-order valence-corrected chi connectivity index (χ0v) is 7.80. The summed E-state index contributed by atoms with van der Waals surface area (Å²) in [6.07, 6.45) is 3.37. The smallest absolute Gasteiger partial charge is 0.120 e. The van der Waals surface area contributed by atoms with Gasteiger partial charge in [-0.25, -0.2) is 4.98 Å². The van der Waals surface area contributed by atoms with E-state index in [4.69, 9.17) is 0 Å². The molecular formula is C9H11NOS. The fourth-order valence-corrected chi connectivity index (χ4v) is 1.47. The van der Waals surface area contributed by atoms with Gasteiger partial charge in [-0.3, -0.25) is 0 Å². The third-order valence-corrected chi connectivity index (χ3v) is 2.35. The lowest BCUT2D eigenvalue weighted by Gasteiger charge is -1.97. The van der Waals surface area contributed by atoms with Crippen LogP contribution in [0.5, 0.6) is 0 Å². The number of aromatic nitrogens is 1. The van der Waals surface area contributed by atoms with Gasteiger partial charge < -0.3 is 4.79 Å². The number of rotatable bonds is 4. The Morgan fingerprint density at radius 3 is 3.00 bits per heavy atom. The quantitative estimate of drug-likeness (QED) is 0.404. The second-order valence-corrected chi connectivity index (χ2v) is 3.59. The molecule has 3 heteroatoms. The number of thioether (sulfide) groups is 1. The number of carbonyl (C=O) groups excluding carboxylic acids is 1. The third-order valence-electron chi connectivity index (χ3n) is 1.37. The highest BCUT2D eigenvalue weighted by Crippen LogP contribution is 2.15. The van der Waals surface area contributed by atoms with Gasteiger partial charge in [0.05, 0.1) is 5.03 Å². The molecule has 0 aliphatic carbocycles. The molecule has 1 rings (SSSR count). The van der Waals surface area contributed by atoms with E-state index < -0.39 is 0 Å². The van der Waals surface area contributed by atoms with E-state index in [-0.39, 0.29) is 0 Å². The van der Waals surface area contributed by atoms with Gasteiger partial charge in [-0.1, -0.05) is 6.07 Å². The summed E-state index contributed by atoms with van der Waals surface area (Å²) in [6.45, 7) is 2.01. The molecule has 0 N–H and O–H groups in total. The van der Waals surface area contributed by atoms with Crippen molar-refractivity contribution < 1.29 is 4.79 Å². The van der Waals surface area contributed by atoms with Crippen molar-refractivity contribution in [2.45, 2.75) is 18.4 Å². The molecule has 0 aliphatic heterocycles. The van der Waals surface area contributed by atoms with Crippen LogP contribution in [0.2, 0.25) is 0 Å². The minimum absolute atomic E-state index is 0.597. The first-order valence-corrected chi connectivity index (χ1v) is 4.80. The Hall–Kier alpha value is -0.830. The highest BCUT2D eigenvalue weighted by Gasteiger charge is 1.93. The van der Waals surface area contributed by atoms with Gasteiger partial charge in [0.2, 0.25) is 0 Å². The number of carbonyl (C=O) groups is 1. The van der Waals surface area contributed by atoms with Crippen molar-refractivity contribution in [1.82, 2.24) is 4.98 Å². The maximum Gasteiger partial charge on any atom is 0.120 e.